The first-order valence-corrected chi connectivity index (χ1v) is 6.27. The van der Waals surface area contributed by atoms with E-state index in [0.717, 1.165) is 12.2 Å². The van der Waals surface area contributed by atoms with Crippen LogP contribution >= 0.6 is 0 Å². The van der Waals surface area contributed by atoms with Gasteiger partial charge in [0, 0.05) is 18.7 Å². The number of nitrogens with zero attached hydrogens (tertiary/aromatic N) is 2. The van der Waals surface area contributed by atoms with E-state index in [1.165, 1.54) is 0 Å². The molecule has 1 aromatic rings. The molecule has 0 saturated carbocycles. The van der Waals surface area contributed by atoms with Crippen LogP contribution in [0.25, 0.3) is 0 Å². The second kappa shape index (κ2) is 6.64. The molecule has 5 heteroatoms. The fourth-order valence-corrected chi connectivity index (χ4v) is 1.91. The molecule has 0 radical (unpaired) electrons. The number of nitriles is 1. The number of rotatable bonds is 6. The summed E-state index contributed by atoms with van der Waals surface area (Å²) in [4.78, 5) is 13.3. The van der Waals surface area contributed by atoms with Crippen molar-refractivity contribution in [3.05, 3.63) is 23.8 Å². The first kappa shape index (κ1) is 14.8. The van der Waals surface area contributed by atoms with E-state index in [1.807, 2.05) is 4.90 Å². The van der Waals surface area contributed by atoms with Crippen LogP contribution in [0.3, 0.4) is 0 Å². The molecule has 1 aromatic carbocycles. The van der Waals surface area contributed by atoms with Gasteiger partial charge in [-0.25, -0.2) is 0 Å². The lowest BCUT2D eigenvalue weighted by Gasteiger charge is -2.27. The number of carbonyl (C=O) groups is 1. The molecule has 0 aromatic heterocycles. The quantitative estimate of drug-likeness (QED) is 0.761. The van der Waals surface area contributed by atoms with Gasteiger partial charge in [-0.1, -0.05) is 13.8 Å². The average molecular weight is 260 g/mol. The Kier molecular flexibility index (Phi) is 5.19. The van der Waals surface area contributed by atoms with Gasteiger partial charge in [-0.15, -0.1) is 0 Å². The smallest absolute Gasteiger partial charge is 0.248 e. The number of hydrogen-bond donors (Lipinski definition) is 2. The summed E-state index contributed by atoms with van der Waals surface area (Å²) in [6.45, 7) is 5.54. The Morgan fingerprint density at radius 3 is 2.68 bits per heavy atom. The largest absolute Gasteiger partial charge is 0.397 e. The zero-order chi connectivity index (χ0) is 14.4. The SMILES string of the molecule is CC(C)CN(CCC#N)c1cc(C(N)=O)ccc1N. The number of benzene rings is 1. The lowest BCUT2D eigenvalue weighted by atomic mass is 10.1. The Balaban J connectivity index is 3.09. The van der Waals surface area contributed by atoms with Gasteiger partial charge in [-0.3, -0.25) is 4.79 Å². The van der Waals surface area contributed by atoms with Crippen LogP contribution in [0.4, 0.5) is 11.4 Å². The summed E-state index contributed by atoms with van der Waals surface area (Å²) in [6, 6.07) is 7.10. The topological polar surface area (TPSA) is 96.1 Å². The second-order valence-corrected chi connectivity index (χ2v) is 4.89. The van der Waals surface area contributed by atoms with Crippen LogP contribution in [-0.2, 0) is 0 Å². The van der Waals surface area contributed by atoms with E-state index in [-0.39, 0.29) is 0 Å². The molecule has 0 aliphatic rings. The van der Waals surface area contributed by atoms with Crippen molar-refractivity contribution in [1.29, 1.82) is 5.26 Å². The van der Waals surface area contributed by atoms with Gasteiger partial charge in [0.25, 0.3) is 0 Å². The van der Waals surface area contributed by atoms with Crippen LogP contribution in [0.15, 0.2) is 18.2 Å². The zero-order valence-electron chi connectivity index (χ0n) is 11.4. The van der Waals surface area contributed by atoms with Gasteiger partial charge in [-0.05, 0) is 24.1 Å². The molecule has 1 rings (SSSR count). The number of amides is 1. The molecule has 1 amide bonds. The van der Waals surface area contributed by atoms with E-state index in [2.05, 4.69) is 19.9 Å². The highest BCUT2D eigenvalue weighted by molar-refractivity contribution is 5.95. The molecule has 0 spiro atoms. The summed E-state index contributed by atoms with van der Waals surface area (Å²) in [5.41, 5.74) is 13.0. The number of primary amides is 1. The van der Waals surface area contributed by atoms with Gasteiger partial charge >= 0.3 is 0 Å². The van der Waals surface area contributed by atoms with Crippen LogP contribution < -0.4 is 16.4 Å². The number of anilines is 2. The van der Waals surface area contributed by atoms with Crippen molar-refractivity contribution in [3.8, 4) is 6.07 Å². The Morgan fingerprint density at radius 1 is 1.47 bits per heavy atom. The van der Waals surface area contributed by atoms with Gasteiger partial charge in [0.05, 0.1) is 23.9 Å². The Bertz CT molecular complexity index is 491. The maximum atomic E-state index is 11.2. The molecular formula is C14H20N4O. The molecule has 0 atom stereocenters. The molecule has 102 valence electrons. The van der Waals surface area contributed by atoms with Crippen molar-refractivity contribution in [2.75, 3.05) is 23.7 Å². The normalized spacial score (nSPS) is 10.2. The van der Waals surface area contributed by atoms with E-state index >= 15 is 0 Å². The molecule has 0 fully saturated rings. The zero-order valence-corrected chi connectivity index (χ0v) is 11.4. The molecule has 4 N–H and O–H groups in total. The molecule has 5 nitrogen and oxygen atoms in total. The first-order valence-electron chi connectivity index (χ1n) is 6.27. The van der Waals surface area contributed by atoms with Crippen LogP contribution in [0.2, 0.25) is 0 Å². The molecule has 0 aliphatic heterocycles. The summed E-state index contributed by atoms with van der Waals surface area (Å²) in [5, 5.41) is 8.73. The third-order valence-corrected chi connectivity index (χ3v) is 2.73. The molecule has 19 heavy (non-hydrogen) atoms. The van der Waals surface area contributed by atoms with Gasteiger partial charge < -0.3 is 16.4 Å². The summed E-state index contributed by atoms with van der Waals surface area (Å²) in [6.07, 6.45) is 0.410. The molecule has 0 bridgehead atoms. The maximum Gasteiger partial charge on any atom is 0.248 e. The highest BCUT2D eigenvalue weighted by Gasteiger charge is 2.13. The van der Waals surface area contributed by atoms with Crippen molar-refractivity contribution in [1.82, 2.24) is 0 Å². The fraction of sp³-hybridized carbons (Fsp3) is 0.429. The maximum absolute atomic E-state index is 11.2. The molecule has 0 saturated heterocycles. The van der Waals surface area contributed by atoms with Crippen molar-refractivity contribution >= 4 is 17.3 Å². The highest BCUT2D eigenvalue weighted by atomic mass is 16.1. The predicted molar refractivity (Wildman–Crippen MR) is 76.7 cm³/mol. The third-order valence-electron chi connectivity index (χ3n) is 2.73. The minimum absolute atomic E-state index is 0.410. The summed E-state index contributed by atoms with van der Waals surface area (Å²) >= 11 is 0. The number of carbonyl (C=O) groups excluding carboxylic acids is 1. The van der Waals surface area contributed by atoms with Crippen molar-refractivity contribution in [3.63, 3.8) is 0 Å². The van der Waals surface area contributed by atoms with Crippen molar-refractivity contribution in [2.45, 2.75) is 20.3 Å². The van der Waals surface area contributed by atoms with Gasteiger partial charge in [0.1, 0.15) is 0 Å². The van der Waals surface area contributed by atoms with Gasteiger partial charge in [0.2, 0.25) is 5.91 Å². The fourth-order valence-electron chi connectivity index (χ4n) is 1.91. The lowest BCUT2D eigenvalue weighted by molar-refractivity contribution is 0.100. The van der Waals surface area contributed by atoms with E-state index in [9.17, 15) is 4.79 Å². The Hall–Kier alpha value is -2.22. The van der Waals surface area contributed by atoms with Gasteiger partial charge in [0.15, 0.2) is 0 Å². The van der Waals surface area contributed by atoms with Crippen molar-refractivity contribution in [2.24, 2.45) is 11.7 Å². The minimum atomic E-state index is -0.481. The van der Waals surface area contributed by atoms with Crippen LogP contribution in [-0.4, -0.2) is 19.0 Å². The van der Waals surface area contributed by atoms with E-state index in [0.29, 0.717) is 30.1 Å². The summed E-state index contributed by atoms with van der Waals surface area (Å²) < 4.78 is 0. The average Bonchev–Trinajstić information content (AvgIpc) is 2.34. The first-order chi connectivity index (χ1) is 8.95. The van der Waals surface area contributed by atoms with Crippen LogP contribution in [0, 0.1) is 17.2 Å². The third kappa shape index (κ3) is 4.18. The summed E-state index contributed by atoms with van der Waals surface area (Å²) in [7, 11) is 0. The number of nitrogen functional groups attached to an aromatic ring is 1. The number of hydrogen-bond acceptors (Lipinski definition) is 4. The molecule has 0 heterocycles. The van der Waals surface area contributed by atoms with Gasteiger partial charge in [-0.2, -0.15) is 5.26 Å². The predicted octanol–water partition coefficient (Wildman–Crippen LogP) is 1.74. The second-order valence-electron chi connectivity index (χ2n) is 4.89. The van der Waals surface area contributed by atoms with E-state index < -0.39 is 5.91 Å². The highest BCUT2D eigenvalue weighted by Crippen LogP contribution is 2.25. The monoisotopic (exact) mass is 260 g/mol. The number of nitrogens with two attached hydrogens (primary N) is 2. The van der Waals surface area contributed by atoms with Crippen LogP contribution in [0.1, 0.15) is 30.6 Å². The Morgan fingerprint density at radius 2 is 2.16 bits per heavy atom. The van der Waals surface area contributed by atoms with Crippen molar-refractivity contribution < 1.29 is 4.79 Å². The van der Waals surface area contributed by atoms with E-state index in [4.69, 9.17) is 16.7 Å². The molecule has 0 unspecified atom stereocenters. The lowest BCUT2D eigenvalue weighted by Crippen LogP contribution is -2.29. The van der Waals surface area contributed by atoms with E-state index in [1.54, 1.807) is 18.2 Å². The molecular weight excluding hydrogens is 240 g/mol. The standard InChI is InChI=1S/C14H20N4O/c1-10(2)9-18(7-3-6-15)13-8-11(14(17)19)4-5-12(13)16/h4-5,8,10H,3,7,9,16H2,1-2H3,(H2,17,19). The minimum Gasteiger partial charge on any atom is -0.397 e. The summed E-state index contributed by atoms with van der Waals surface area (Å²) in [5.74, 6) is -0.0543. The molecule has 0 aliphatic carbocycles. The van der Waals surface area contributed by atoms with Crippen LogP contribution in [0.5, 0.6) is 0 Å². The Labute approximate surface area is 113 Å².